The van der Waals surface area contributed by atoms with Crippen LogP contribution >= 0.6 is 15.9 Å². The monoisotopic (exact) mass is 282 g/mol. The van der Waals surface area contributed by atoms with Crippen LogP contribution in [0.25, 0.3) is 0 Å². The molecule has 1 aromatic carbocycles. The zero-order valence-electron chi connectivity index (χ0n) is 9.91. The Morgan fingerprint density at radius 1 is 1.50 bits per heavy atom. The Balaban J connectivity index is 1.95. The van der Waals surface area contributed by atoms with Gasteiger partial charge in [-0.05, 0) is 52.9 Å². The van der Waals surface area contributed by atoms with E-state index in [4.69, 9.17) is 5.73 Å². The fourth-order valence-electron chi connectivity index (χ4n) is 2.13. The van der Waals surface area contributed by atoms with Crippen molar-refractivity contribution in [1.82, 2.24) is 4.90 Å². The highest BCUT2D eigenvalue weighted by Gasteiger charge is 2.33. The molecule has 1 aliphatic carbocycles. The molecule has 0 aliphatic heterocycles. The summed E-state index contributed by atoms with van der Waals surface area (Å²) >= 11 is 3.55. The number of hydrogen-bond donors (Lipinski definition) is 1. The number of benzene rings is 1. The molecule has 0 radical (unpaired) electrons. The Bertz CT molecular complexity index is 378. The number of hydrogen-bond acceptors (Lipinski definition) is 2. The Morgan fingerprint density at radius 2 is 2.19 bits per heavy atom. The molecule has 1 saturated carbocycles. The Kier molecular flexibility index (Phi) is 3.55. The molecular weight excluding hydrogens is 264 g/mol. The van der Waals surface area contributed by atoms with Crippen molar-refractivity contribution in [2.75, 3.05) is 19.3 Å². The SMILES string of the molecule is CC1CC1CN(C)Cc1cccc(N)c1Br. The summed E-state index contributed by atoms with van der Waals surface area (Å²) in [7, 11) is 2.18. The van der Waals surface area contributed by atoms with Gasteiger partial charge in [0.05, 0.1) is 0 Å². The van der Waals surface area contributed by atoms with Crippen LogP contribution in [0.4, 0.5) is 5.69 Å². The van der Waals surface area contributed by atoms with Crippen LogP contribution in [0.15, 0.2) is 22.7 Å². The average Bonchev–Trinajstić information content (AvgIpc) is 2.89. The van der Waals surface area contributed by atoms with E-state index in [1.54, 1.807) is 0 Å². The van der Waals surface area contributed by atoms with Crippen molar-refractivity contribution in [1.29, 1.82) is 0 Å². The summed E-state index contributed by atoms with van der Waals surface area (Å²) in [6, 6.07) is 6.08. The van der Waals surface area contributed by atoms with Crippen LogP contribution in [0.3, 0.4) is 0 Å². The maximum Gasteiger partial charge on any atom is 0.0461 e. The van der Waals surface area contributed by atoms with E-state index >= 15 is 0 Å². The van der Waals surface area contributed by atoms with E-state index in [-0.39, 0.29) is 0 Å². The molecule has 0 spiro atoms. The lowest BCUT2D eigenvalue weighted by molar-refractivity contribution is 0.307. The molecule has 2 nitrogen and oxygen atoms in total. The van der Waals surface area contributed by atoms with E-state index < -0.39 is 0 Å². The van der Waals surface area contributed by atoms with Crippen LogP contribution in [0.1, 0.15) is 18.9 Å². The highest BCUT2D eigenvalue weighted by molar-refractivity contribution is 9.10. The molecule has 0 bridgehead atoms. The number of rotatable bonds is 4. The van der Waals surface area contributed by atoms with Gasteiger partial charge in [0.25, 0.3) is 0 Å². The highest BCUT2D eigenvalue weighted by atomic mass is 79.9. The van der Waals surface area contributed by atoms with Crippen molar-refractivity contribution in [2.24, 2.45) is 11.8 Å². The first-order chi connectivity index (χ1) is 7.58. The average molecular weight is 283 g/mol. The van der Waals surface area contributed by atoms with Crippen LogP contribution < -0.4 is 5.73 Å². The molecule has 1 aliphatic rings. The summed E-state index contributed by atoms with van der Waals surface area (Å²) in [4.78, 5) is 2.38. The second kappa shape index (κ2) is 4.76. The lowest BCUT2D eigenvalue weighted by Crippen LogP contribution is -2.21. The summed E-state index contributed by atoms with van der Waals surface area (Å²) in [6.45, 7) is 4.49. The number of anilines is 1. The van der Waals surface area contributed by atoms with Gasteiger partial charge in [-0.15, -0.1) is 0 Å². The molecule has 1 aromatic rings. The maximum absolute atomic E-state index is 5.87. The number of nitrogens with two attached hydrogens (primary N) is 1. The van der Waals surface area contributed by atoms with Crippen molar-refractivity contribution >= 4 is 21.6 Å². The summed E-state index contributed by atoms with van der Waals surface area (Å²) in [5, 5.41) is 0. The molecule has 88 valence electrons. The number of nitrogen functional groups attached to an aromatic ring is 1. The van der Waals surface area contributed by atoms with Crippen LogP contribution in [0.5, 0.6) is 0 Å². The second-order valence-electron chi connectivity index (χ2n) is 4.99. The van der Waals surface area contributed by atoms with Gasteiger partial charge in [-0.2, -0.15) is 0 Å². The summed E-state index contributed by atoms with van der Waals surface area (Å²) < 4.78 is 1.05. The standard InChI is InChI=1S/C13H19BrN2/c1-9-6-11(9)8-16(2)7-10-4-3-5-12(15)13(10)14/h3-5,9,11H,6-8,15H2,1-2H3. The Labute approximate surface area is 106 Å². The Hall–Kier alpha value is -0.540. The number of halogens is 1. The normalized spacial score (nSPS) is 23.8. The van der Waals surface area contributed by atoms with Gasteiger partial charge in [0.2, 0.25) is 0 Å². The first-order valence-electron chi connectivity index (χ1n) is 5.79. The summed E-state index contributed by atoms with van der Waals surface area (Å²) in [6.07, 6.45) is 1.39. The summed E-state index contributed by atoms with van der Waals surface area (Å²) in [5.74, 6) is 1.83. The highest BCUT2D eigenvalue weighted by Crippen LogP contribution is 2.38. The molecule has 3 heteroatoms. The van der Waals surface area contributed by atoms with Crippen LogP contribution in [0, 0.1) is 11.8 Å². The second-order valence-corrected chi connectivity index (χ2v) is 5.78. The quantitative estimate of drug-likeness (QED) is 0.860. The van der Waals surface area contributed by atoms with Gasteiger partial charge >= 0.3 is 0 Å². The largest absolute Gasteiger partial charge is 0.398 e. The van der Waals surface area contributed by atoms with Gasteiger partial charge in [0.1, 0.15) is 0 Å². The van der Waals surface area contributed by atoms with Gasteiger partial charge in [0, 0.05) is 23.2 Å². The molecule has 0 aromatic heterocycles. The van der Waals surface area contributed by atoms with Crippen LogP contribution in [-0.2, 0) is 6.54 Å². The molecule has 0 saturated heterocycles. The van der Waals surface area contributed by atoms with E-state index in [1.165, 1.54) is 18.5 Å². The molecule has 0 amide bonds. The molecule has 1 fully saturated rings. The van der Waals surface area contributed by atoms with Gasteiger partial charge in [0.15, 0.2) is 0 Å². The number of nitrogens with zero attached hydrogens (tertiary/aromatic N) is 1. The topological polar surface area (TPSA) is 29.3 Å². The van der Waals surface area contributed by atoms with E-state index in [2.05, 4.69) is 40.9 Å². The molecule has 0 heterocycles. The maximum atomic E-state index is 5.87. The van der Waals surface area contributed by atoms with Crippen LogP contribution in [0.2, 0.25) is 0 Å². The third kappa shape index (κ3) is 2.77. The molecule has 2 unspecified atom stereocenters. The van der Waals surface area contributed by atoms with E-state index in [1.807, 2.05) is 12.1 Å². The van der Waals surface area contributed by atoms with Gasteiger partial charge in [-0.1, -0.05) is 19.1 Å². The zero-order valence-corrected chi connectivity index (χ0v) is 11.5. The van der Waals surface area contributed by atoms with Gasteiger partial charge < -0.3 is 10.6 Å². The minimum atomic E-state index is 0.825. The lowest BCUT2D eigenvalue weighted by Gasteiger charge is -2.18. The van der Waals surface area contributed by atoms with E-state index in [9.17, 15) is 0 Å². The minimum absolute atomic E-state index is 0.825. The first kappa shape index (κ1) is 11.9. The smallest absolute Gasteiger partial charge is 0.0461 e. The van der Waals surface area contributed by atoms with Crippen molar-refractivity contribution < 1.29 is 0 Å². The fourth-order valence-corrected chi connectivity index (χ4v) is 2.52. The van der Waals surface area contributed by atoms with E-state index in [0.717, 1.165) is 28.5 Å². The van der Waals surface area contributed by atoms with Crippen molar-refractivity contribution in [3.63, 3.8) is 0 Å². The van der Waals surface area contributed by atoms with E-state index in [0.29, 0.717) is 0 Å². The van der Waals surface area contributed by atoms with Crippen molar-refractivity contribution in [3.05, 3.63) is 28.2 Å². The zero-order chi connectivity index (χ0) is 11.7. The Morgan fingerprint density at radius 3 is 2.81 bits per heavy atom. The van der Waals surface area contributed by atoms with Crippen molar-refractivity contribution in [2.45, 2.75) is 19.9 Å². The molecule has 16 heavy (non-hydrogen) atoms. The molecule has 2 rings (SSSR count). The fraction of sp³-hybridized carbons (Fsp3) is 0.538. The van der Waals surface area contributed by atoms with Crippen LogP contribution in [-0.4, -0.2) is 18.5 Å². The third-order valence-corrected chi connectivity index (χ3v) is 4.34. The predicted octanol–water partition coefficient (Wildman–Crippen LogP) is 3.12. The predicted molar refractivity (Wildman–Crippen MR) is 72.2 cm³/mol. The minimum Gasteiger partial charge on any atom is -0.398 e. The van der Waals surface area contributed by atoms with Crippen molar-refractivity contribution in [3.8, 4) is 0 Å². The first-order valence-corrected chi connectivity index (χ1v) is 6.58. The third-order valence-electron chi connectivity index (χ3n) is 3.37. The van der Waals surface area contributed by atoms with Gasteiger partial charge in [-0.25, -0.2) is 0 Å². The molecular formula is C13H19BrN2. The summed E-state index contributed by atoms with van der Waals surface area (Å²) in [5.41, 5.74) is 7.97. The van der Waals surface area contributed by atoms with Gasteiger partial charge in [-0.3, -0.25) is 0 Å². The molecule has 2 N–H and O–H groups in total. The lowest BCUT2D eigenvalue weighted by atomic mass is 10.2. The molecule has 2 atom stereocenters.